The molecule has 5 rings (SSSR count). The van der Waals surface area contributed by atoms with Crippen LogP contribution in [0.25, 0.3) is 22.0 Å². The Morgan fingerprint density at radius 2 is 1.63 bits per heavy atom. The number of phenols is 1. The number of fused-ring (bicyclic) bond motifs is 1. The number of nitrogens with zero attached hydrogens (tertiary/aromatic N) is 2. The lowest BCUT2D eigenvalue weighted by molar-refractivity contribution is 0.0713. The van der Waals surface area contributed by atoms with Crippen LogP contribution in [0.3, 0.4) is 0 Å². The minimum atomic E-state index is -3.96. The minimum Gasteiger partial charge on any atom is -0.508 e. The van der Waals surface area contributed by atoms with Gasteiger partial charge in [0.25, 0.3) is 5.91 Å². The highest BCUT2D eigenvalue weighted by Crippen LogP contribution is 2.31. The molecule has 4 aromatic rings. The van der Waals surface area contributed by atoms with Crippen LogP contribution < -0.4 is 5.14 Å². The molecule has 3 aromatic carbocycles. The number of phenolic OH excluding ortho intramolecular Hbond substituents is 1. The Morgan fingerprint density at radius 1 is 0.943 bits per heavy atom. The predicted molar refractivity (Wildman–Crippen MR) is 135 cm³/mol. The van der Waals surface area contributed by atoms with E-state index in [-0.39, 0.29) is 16.6 Å². The van der Waals surface area contributed by atoms with Crippen molar-refractivity contribution < 1.29 is 18.3 Å². The van der Waals surface area contributed by atoms with Crippen molar-refractivity contribution in [2.24, 2.45) is 5.14 Å². The van der Waals surface area contributed by atoms with Gasteiger partial charge in [0.15, 0.2) is 0 Å². The zero-order valence-corrected chi connectivity index (χ0v) is 19.8. The Bertz CT molecular complexity index is 1490. The summed E-state index contributed by atoms with van der Waals surface area (Å²) in [6, 6.07) is 21.4. The number of aromatic nitrogens is 1. The third kappa shape index (κ3) is 4.76. The SMILES string of the molecule is NS(=O)(=O)c1cc(-c2ccc(C(=O)N3CCC(c4ccc(O)cc4)CC3)cc2)cc2cccnc12. The van der Waals surface area contributed by atoms with Gasteiger partial charge in [-0.1, -0.05) is 30.3 Å². The minimum absolute atomic E-state index is 0.0198. The molecule has 1 aromatic heterocycles. The van der Waals surface area contributed by atoms with Crippen LogP contribution >= 0.6 is 0 Å². The van der Waals surface area contributed by atoms with E-state index < -0.39 is 10.0 Å². The van der Waals surface area contributed by atoms with E-state index in [9.17, 15) is 18.3 Å². The van der Waals surface area contributed by atoms with Crippen LogP contribution in [0.4, 0.5) is 0 Å². The summed E-state index contributed by atoms with van der Waals surface area (Å²) in [5.41, 5.74) is 3.57. The second kappa shape index (κ2) is 9.13. The maximum Gasteiger partial charge on any atom is 0.253 e. The Hall–Kier alpha value is -3.75. The average molecular weight is 488 g/mol. The molecule has 2 heterocycles. The van der Waals surface area contributed by atoms with Crippen LogP contribution in [0.15, 0.2) is 83.9 Å². The van der Waals surface area contributed by atoms with Crippen molar-refractivity contribution in [2.75, 3.05) is 13.1 Å². The van der Waals surface area contributed by atoms with E-state index >= 15 is 0 Å². The molecule has 0 aliphatic carbocycles. The molecule has 0 atom stereocenters. The molecule has 1 aliphatic heterocycles. The molecule has 7 nitrogen and oxygen atoms in total. The summed E-state index contributed by atoms with van der Waals surface area (Å²) < 4.78 is 24.3. The fraction of sp³-hybridized carbons (Fsp3) is 0.185. The lowest BCUT2D eigenvalue weighted by Crippen LogP contribution is -2.37. The van der Waals surface area contributed by atoms with Crippen LogP contribution in [0, 0.1) is 0 Å². The first-order valence-electron chi connectivity index (χ1n) is 11.4. The molecule has 1 saturated heterocycles. The zero-order valence-electron chi connectivity index (χ0n) is 19.0. The standard InChI is InChI=1S/C27H25N3O4S/c28-35(33,34)25-17-23(16-22-2-1-13-29-26(22)25)19-3-5-21(6-4-19)27(32)30-14-11-20(12-15-30)18-7-9-24(31)10-8-18/h1-10,13,16-17,20,31H,11-12,14-15H2,(H2,28,33,34). The van der Waals surface area contributed by atoms with Crippen LogP contribution in [0.1, 0.15) is 34.7 Å². The molecule has 8 heteroatoms. The summed E-state index contributed by atoms with van der Waals surface area (Å²) in [7, 11) is -3.96. The monoisotopic (exact) mass is 487 g/mol. The predicted octanol–water partition coefficient (Wildman–Crippen LogP) is 4.27. The highest BCUT2D eigenvalue weighted by molar-refractivity contribution is 7.89. The van der Waals surface area contributed by atoms with E-state index in [0.717, 1.165) is 18.4 Å². The Kier molecular flexibility index (Phi) is 6.00. The van der Waals surface area contributed by atoms with E-state index in [0.29, 0.717) is 41.0 Å². The smallest absolute Gasteiger partial charge is 0.253 e. The van der Waals surface area contributed by atoms with Crippen LogP contribution in [-0.2, 0) is 10.0 Å². The number of nitrogens with two attached hydrogens (primary N) is 1. The second-order valence-electron chi connectivity index (χ2n) is 8.83. The van der Waals surface area contributed by atoms with Crippen molar-refractivity contribution in [3.8, 4) is 16.9 Å². The normalized spacial score (nSPS) is 14.8. The number of benzene rings is 3. The van der Waals surface area contributed by atoms with Crippen molar-refractivity contribution in [1.29, 1.82) is 0 Å². The number of aromatic hydroxyl groups is 1. The molecule has 0 spiro atoms. The third-order valence-corrected chi connectivity index (χ3v) is 7.51. The van der Waals surface area contributed by atoms with Gasteiger partial charge in [0.2, 0.25) is 10.0 Å². The van der Waals surface area contributed by atoms with Crippen molar-refractivity contribution in [3.63, 3.8) is 0 Å². The van der Waals surface area contributed by atoms with E-state index in [1.165, 1.54) is 17.8 Å². The van der Waals surface area contributed by atoms with Crippen molar-refractivity contribution >= 4 is 26.8 Å². The van der Waals surface area contributed by atoms with Gasteiger partial charge in [0.05, 0.1) is 5.52 Å². The molecule has 35 heavy (non-hydrogen) atoms. The Balaban J connectivity index is 1.33. The number of hydrogen-bond acceptors (Lipinski definition) is 5. The van der Waals surface area contributed by atoms with Gasteiger partial charge in [-0.15, -0.1) is 0 Å². The van der Waals surface area contributed by atoms with Gasteiger partial charge in [-0.2, -0.15) is 0 Å². The first-order valence-corrected chi connectivity index (χ1v) is 12.9. The zero-order chi connectivity index (χ0) is 24.6. The summed E-state index contributed by atoms with van der Waals surface area (Å²) in [5, 5.41) is 15.6. The molecule has 1 fully saturated rings. The number of hydrogen-bond donors (Lipinski definition) is 2. The fourth-order valence-electron chi connectivity index (χ4n) is 4.69. The summed E-state index contributed by atoms with van der Waals surface area (Å²) in [6.07, 6.45) is 3.27. The number of sulfonamides is 1. The lowest BCUT2D eigenvalue weighted by atomic mass is 9.89. The number of amides is 1. The molecule has 0 bridgehead atoms. The van der Waals surface area contributed by atoms with Gasteiger partial charge in [-0.05, 0) is 77.9 Å². The molecular weight excluding hydrogens is 462 g/mol. The quantitative estimate of drug-likeness (QED) is 0.446. The topological polar surface area (TPSA) is 114 Å². The number of likely N-dealkylation sites (tertiary alicyclic amines) is 1. The first kappa shape index (κ1) is 23.0. The molecule has 0 radical (unpaired) electrons. The largest absolute Gasteiger partial charge is 0.508 e. The Morgan fingerprint density at radius 3 is 2.29 bits per heavy atom. The summed E-state index contributed by atoms with van der Waals surface area (Å²) in [6.45, 7) is 1.34. The number of carbonyl (C=O) groups excluding carboxylic acids is 1. The van der Waals surface area contributed by atoms with Crippen molar-refractivity contribution in [2.45, 2.75) is 23.7 Å². The van der Waals surface area contributed by atoms with E-state index in [4.69, 9.17) is 5.14 Å². The molecule has 3 N–H and O–H groups in total. The number of rotatable bonds is 4. The van der Waals surface area contributed by atoms with E-state index in [1.54, 1.807) is 36.4 Å². The summed E-state index contributed by atoms with van der Waals surface area (Å²) in [4.78, 5) is 19.1. The van der Waals surface area contributed by atoms with Gasteiger partial charge in [-0.3, -0.25) is 9.78 Å². The summed E-state index contributed by atoms with van der Waals surface area (Å²) in [5.74, 6) is 0.608. The van der Waals surface area contributed by atoms with E-state index in [2.05, 4.69) is 4.98 Å². The maximum atomic E-state index is 13.1. The number of pyridine rings is 1. The lowest BCUT2D eigenvalue weighted by Gasteiger charge is -2.32. The molecule has 1 amide bonds. The molecule has 1 aliphatic rings. The van der Waals surface area contributed by atoms with Crippen LogP contribution in [0.2, 0.25) is 0 Å². The molecule has 0 unspecified atom stereocenters. The van der Waals surface area contributed by atoms with Crippen LogP contribution in [-0.4, -0.2) is 42.4 Å². The van der Waals surface area contributed by atoms with Crippen molar-refractivity contribution in [3.05, 3.63) is 90.1 Å². The number of piperidine rings is 1. The third-order valence-electron chi connectivity index (χ3n) is 6.59. The van der Waals surface area contributed by atoms with Gasteiger partial charge in [-0.25, -0.2) is 13.6 Å². The second-order valence-corrected chi connectivity index (χ2v) is 10.4. The maximum absolute atomic E-state index is 13.1. The first-order chi connectivity index (χ1) is 16.8. The average Bonchev–Trinajstić information content (AvgIpc) is 2.88. The van der Waals surface area contributed by atoms with E-state index in [1.807, 2.05) is 35.2 Å². The number of primary sulfonamides is 1. The van der Waals surface area contributed by atoms with Crippen LogP contribution in [0.5, 0.6) is 5.75 Å². The van der Waals surface area contributed by atoms with Gasteiger partial charge >= 0.3 is 0 Å². The highest BCUT2D eigenvalue weighted by atomic mass is 32.2. The van der Waals surface area contributed by atoms with Crippen molar-refractivity contribution in [1.82, 2.24) is 9.88 Å². The highest BCUT2D eigenvalue weighted by Gasteiger charge is 2.25. The molecule has 178 valence electrons. The van der Waals surface area contributed by atoms with Gasteiger partial charge in [0, 0.05) is 30.2 Å². The molecular formula is C27H25N3O4S. The summed E-state index contributed by atoms with van der Waals surface area (Å²) >= 11 is 0. The number of carbonyl (C=O) groups is 1. The van der Waals surface area contributed by atoms with Gasteiger partial charge in [0.1, 0.15) is 10.6 Å². The molecule has 0 saturated carbocycles. The Labute approximate surface area is 203 Å². The fourth-order valence-corrected chi connectivity index (χ4v) is 5.42. The van der Waals surface area contributed by atoms with Gasteiger partial charge < -0.3 is 10.0 Å².